The molecule has 0 radical (unpaired) electrons. The van der Waals surface area contributed by atoms with Crippen molar-refractivity contribution in [2.75, 3.05) is 6.54 Å². The summed E-state index contributed by atoms with van der Waals surface area (Å²) in [6, 6.07) is 4.77. The molecule has 0 N–H and O–H groups in total. The van der Waals surface area contributed by atoms with Crippen molar-refractivity contribution in [2.24, 2.45) is 0 Å². The predicted octanol–water partition coefficient (Wildman–Crippen LogP) is 3.21. The Bertz CT molecular complexity index is 421. The summed E-state index contributed by atoms with van der Waals surface area (Å²) in [5.41, 5.74) is 0.164. The Kier molecular flexibility index (Phi) is 3.28. The van der Waals surface area contributed by atoms with Crippen LogP contribution in [0.25, 0.3) is 0 Å². The Labute approximate surface area is 103 Å². The van der Waals surface area contributed by atoms with Crippen LogP contribution in [0.1, 0.15) is 30.1 Å². The average Bonchev–Trinajstić information content (AvgIpc) is 2.63. The molecule has 1 heterocycles. The topological polar surface area (TPSA) is 20.3 Å². The number of halogens is 2. The molecule has 0 spiro atoms. The van der Waals surface area contributed by atoms with E-state index in [4.69, 9.17) is 0 Å². The maximum absolute atomic E-state index is 13.6. The van der Waals surface area contributed by atoms with E-state index in [0.717, 1.165) is 19.4 Å². The highest BCUT2D eigenvalue weighted by atomic mass is 79.9. The van der Waals surface area contributed by atoms with Crippen molar-refractivity contribution < 1.29 is 9.18 Å². The monoisotopic (exact) mass is 285 g/mol. The molecule has 4 heteroatoms. The van der Waals surface area contributed by atoms with Crippen LogP contribution >= 0.6 is 15.9 Å². The highest BCUT2D eigenvalue weighted by Crippen LogP contribution is 2.22. The van der Waals surface area contributed by atoms with Crippen molar-refractivity contribution in [1.29, 1.82) is 0 Å². The molecule has 1 fully saturated rings. The van der Waals surface area contributed by atoms with E-state index in [1.165, 1.54) is 12.1 Å². The second-order valence-corrected chi connectivity index (χ2v) is 5.03. The van der Waals surface area contributed by atoms with Gasteiger partial charge < -0.3 is 4.90 Å². The van der Waals surface area contributed by atoms with E-state index in [2.05, 4.69) is 15.9 Å². The number of hydrogen-bond donors (Lipinski definition) is 0. The van der Waals surface area contributed by atoms with Gasteiger partial charge in [-0.2, -0.15) is 0 Å². The molecule has 1 aromatic carbocycles. The van der Waals surface area contributed by atoms with Crippen molar-refractivity contribution in [1.82, 2.24) is 4.90 Å². The van der Waals surface area contributed by atoms with Gasteiger partial charge in [0.1, 0.15) is 5.82 Å². The maximum Gasteiger partial charge on any atom is 0.257 e. The third kappa shape index (κ3) is 2.12. The third-order valence-corrected chi connectivity index (χ3v) is 3.47. The molecule has 2 nitrogen and oxygen atoms in total. The molecular weight excluding hydrogens is 273 g/mol. The summed E-state index contributed by atoms with van der Waals surface area (Å²) in [6.45, 7) is 2.73. The Morgan fingerprint density at radius 1 is 1.56 bits per heavy atom. The molecule has 1 aliphatic heterocycles. The number of amides is 1. The van der Waals surface area contributed by atoms with Crippen LogP contribution in [0.2, 0.25) is 0 Å². The van der Waals surface area contributed by atoms with Gasteiger partial charge in [0.25, 0.3) is 5.91 Å². The lowest BCUT2D eigenvalue weighted by Crippen LogP contribution is -2.34. The summed E-state index contributed by atoms with van der Waals surface area (Å²) in [7, 11) is 0. The van der Waals surface area contributed by atoms with E-state index in [9.17, 15) is 9.18 Å². The van der Waals surface area contributed by atoms with Crippen LogP contribution in [0.4, 0.5) is 4.39 Å². The molecule has 1 unspecified atom stereocenters. The van der Waals surface area contributed by atoms with Crippen LogP contribution in [0.15, 0.2) is 22.7 Å². The van der Waals surface area contributed by atoms with E-state index >= 15 is 0 Å². The Morgan fingerprint density at radius 2 is 2.31 bits per heavy atom. The summed E-state index contributed by atoms with van der Waals surface area (Å²) in [4.78, 5) is 13.8. The number of carbonyl (C=O) groups is 1. The smallest absolute Gasteiger partial charge is 0.257 e. The minimum absolute atomic E-state index is 0.164. The Balaban J connectivity index is 2.27. The molecule has 0 bridgehead atoms. The van der Waals surface area contributed by atoms with E-state index in [1.54, 1.807) is 11.0 Å². The molecule has 86 valence electrons. The van der Waals surface area contributed by atoms with Gasteiger partial charge in [0.2, 0.25) is 0 Å². The minimum atomic E-state index is -0.460. The molecule has 2 rings (SSSR count). The molecule has 1 amide bonds. The van der Waals surface area contributed by atoms with Gasteiger partial charge in [0, 0.05) is 17.1 Å². The third-order valence-electron chi connectivity index (χ3n) is 2.98. The van der Waals surface area contributed by atoms with Gasteiger partial charge in [-0.15, -0.1) is 0 Å². The Hall–Kier alpha value is -0.900. The Morgan fingerprint density at radius 3 is 2.88 bits per heavy atom. The van der Waals surface area contributed by atoms with Crippen LogP contribution < -0.4 is 0 Å². The van der Waals surface area contributed by atoms with E-state index < -0.39 is 5.82 Å². The molecule has 0 aliphatic carbocycles. The summed E-state index contributed by atoms with van der Waals surface area (Å²) < 4.78 is 14.3. The molecule has 1 aliphatic rings. The molecule has 16 heavy (non-hydrogen) atoms. The normalized spacial score (nSPS) is 20.2. The van der Waals surface area contributed by atoms with Gasteiger partial charge in [-0.25, -0.2) is 4.39 Å². The number of carbonyl (C=O) groups excluding carboxylic acids is 1. The summed E-state index contributed by atoms with van der Waals surface area (Å²) in [5, 5.41) is 0. The summed E-state index contributed by atoms with van der Waals surface area (Å²) in [6.07, 6.45) is 2.01. The van der Waals surface area contributed by atoms with Gasteiger partial charge in [-0.3, -0.25) is 4.79 Å². The van der Waals surface area contributed by atoms with E-state index in [0.29, 0.717) is 4.47 Å². The molecule has 1 saturated heterocycles. The predicted molar refractivity (Wildman–Crippen MR) is 63.8 cm³/mol. The first kappa shape index (κ1) is 11.6. The van der Waals surface area contributed by atoms with Crippen LogP contribution in [0, 0.1) is 5.82 Å². The highest BCUT2D eigenvalue weighted by molar-refractivity contribution is 9.10. The van der Waals surface area contributed by atoms with Crippen LogP contribution in [0.3, 0.4) is 0 Å². The fraction of sp³-hybridized carbons (Fsp3) is 0.417. The summed E-state index contributed by atoms with van der Waals surface area (Å²) >= 11 is 3.18. The highest BCUT2D eigenvalue weighted by Gasteiger charge is 2.27. The molecule has 1 atom stereocenters. The minimum Gasteiger partial charge on any atom is -0.336 e. The first-order valence-electron chi connectivity index (χ1n) is 5.35. The average molecular weight is 286 g/mol. The summed E-state index contributed by atoms with van der Waals surface area (Å²) in [5.74, 6) is -0.659. The lowest BCUT2D eigenvalue weighted by atomic mass is 10.1. The van der Waals surface area contributed by atoms with E-state index in [1.807, 2.05) is 6.92 Å². The van der Waals surface area contributed by atoms with Crippen LogP contribution in [-0.4, -0.2) is 23.4 Å². The molecule has 1 aromatic rings. The fourth-order valence-electron chi connectivity index (χ4n) is 2.05. The van der Waals surface area contributed by atoms with Crippen molar-refractivity contribution in [3.05, 3.63) is 34.1 Å². The molecule has 0 aromatic heterocycles. The zero-order chi connectivity index (χ0) is 11.7. The lowest BCUT2D eigenvalue weighted by molar-refractivity contribution is 0.0742. The second-order valence-electron chi connectivity index (χ2n) is 4.11. The SMILES string of the molecule is CC1CCCN1C(=O)c1ccc(Br)cc1F. The first-order chi connectivity index (χ1) is 7.59. The second kappa shape index (κ2) is 4.53. The first-order valence-corrected chi connectivity index (χ1v) is 6.15. The quantitative estimate of drug-likeness (QED) is 0.776. The largest absolute Gasteiger partial charge is 0.336 e. The van der Waals surface area contributed by atoms with E-state index in [-0.39, 0.29) is 17.5 Å². The van der Waals surface area contributed by atoms with Gasteiger partial charge in [0.05, 0.1) is 5.56 Å². The van der Waals surface area contributed by atoms with Crippen LogP contribution in [0.5, 0.6) is 0 Å². The zero-order valence-corrected chi connectivity index (χ0v) is 10.6. The number of hydrogen-bond acceptors (Lipinski definition) is 1. The number of nitrogens with zero attached hydrogens (tertiary/aromatic N) is 1. The van der Waals surface area contributed by atoms with Crippen LogP contribution in [-0.2, 0) is 0 Å². The van der Waals surface area contributed by atoms with Crippen molar-refractivity contribution in [3.8, 4) is 0 Å². The van der Waals surface area contributed by atoms with Gasteiger partial charge in [0.15, 0.2) is 0 Å². The van der Waals surface area contributed by atoms with Crippen molar-refractivity contribution in [2.45, 2.75) is 25.8 Å². The van der Waals surface area contributed by atoms with Gasteiger partial charge in [-0.05, 0) is 38.0 Å². The number of likely N-dealkylation sites (tertiary alicyclic amines) is 1. The molecule has 0 saturated carbocycles. The van der Waals surface area contributed by atoms with Gasteiger partial charge in [-0.1, -0.05) is 15.9 Å². The van der Waals surface area contributed by atoms with Gasteiger partial charge >= 0.3 is 0 Å². The van der Waals surface area contributed by atoms with Crippen molar-refractivity contribution in [3.63, 3.8) is 0 Å². The number of benzene rings is 1. The fourth-order valence-corrected chi connectivity index (χ4v) is 2.39. The zero-order valence-electron chi connectivity index (χ0n) is 9.04. The lowest BCUT2D eigenvalue weighted by Gasteiger charge is -2.21. The standard InChI is InChI=1S/C12H13BrFNO/c1-8-3-2-6-15(8)12(16)10-5-4-9(13)7-11(10)14/h4-5,7-8H,2-3,6H2,1H3. The van der Waals surface area contributed by atoms with Crippen molar-refractivity contribution >= 4 is 21.8 Å². The maximum atomic E-state index is 13.6. The number of rotatable bonds is 1. The molecular formula is C12H13BrFNO.